The molecule has 1 aromatic carbocycles. The average Bonchev–Trinajstić information content (AvgIpc) is 2.50. The van der Waals surface area contributed by atoms with Crippen LogP contribution < -0.4 is 20.1 Å². The van der Waals surface area contributed by atoms with Crippen molar-refractivity contribution in [2.24, 2.45) is 0 Å². The summed E-state index contributed by atoms with van der Waals surface area (Å²) in [6.45, 7) is 1.13. The van der Waals surface area contributed by atoms with Gasteiger partial charge in [0.15, 0.2) is 10.9 Å². The fourth-order valence-electron chi connectivity index (χ4n) is 2.07. The quantitative estimate of drug-likeness (QED) is 0.149. The highest BCUT2D eigenvalue weighted by molar-refractivity contribution is 7.80. The summed E-state index contributed by atoms with van der Waals surface area (Å²) < 4.78 is 9.83. The Hall–Kier alpha value is -3.34. The van der Waals surface area contributed by atoms with E-state index < -0.39 is 28.4 Å². The van der Waals surface area contributed by atoms with Crippen LogP contribution in [-0.4, -0.2) is 34.9 Å². The van der Waals surface area contributed by atoms with Crippen molar-refractivity contribution in [3.8, 4) is 11.5 Å². The predicted octanol–water partition coefficient (Wildman–Crippen LogP) is 0.443. The Morgan fingerprint density at radius 3 is 2.36 bits per heavy atom. The van der Waals surface area contributed by atoms with Crippen molar-refractivity contribution in [1.82, 2.24) is 10.6 Å². The molecule has 130 valence electrons. The normalized spacial score (nSPS) is 13.7. The molecule has 2 amide bonds. The fourth-order valence-corrected chi connectivity index (χ4v) is 2.25. The van der Waals surface area contributed by atoms with Gasteiger partial charge < -0.3 is 9.47 Å². The van der Waals surface area contributed by atoms with Crippen LogP contribution in [0, 0.1) is 10.1 Å². The number of methoxy groups -OCH3 is 1. The Morgan fingerprint density at radius 1 is 1.28 bits per heavy atom. The number of amides is 2. The molecule has 1 aliphatic heterocycles. The third-order valence-corrected chi connectivity index (χ3v) is 3.21. The van der Waals surface area contributed by atoms with Crippen molar-refractivity contribution in [2.45, 2.75) is 6.92 Å². The first kappa shape index (κ1) is 18.0. The van der Waals surface area contributed by atoms with Crippen LogP contribution in [0.25, 0.3) is 6.08 Å². The maximum absolute atomic E-state index is 11.9. The zero-order valence-corrected chi connectivity index (χ0v) is 13.8. The summed E-state index contributed by atoms with van der Waals surface area (Å²) in [5.74, 6) is -2.78. The van der Waals surface area contributed by atoms with Crippen molar-refractivity contribution >= 4 is 46.9 Å². The molecular weight excluding hydrogens is 354 g/mol. The van der Waals surface area contributed by atoms with Crippen molar-refractivity contribution in [3.63, 3.8) is 0 Å². The van der Waals surface area contributed by atoms with Gasteiger partial charge in [0.05, 0.1) is 17.6 Å². The molecule has 0 saturated carbocycles. The maximum Gasteiger partial charge on any atom is 0.322 e. The predicted molar refractivity (Wildman–Crippen MR) is 87.8 cm³/mol. The standard InChI is InChI=1S/C14H11N3O7S/c1-6(18)24-9-4-3-7(10(17(21)22)11(9)23-2)5-8-12(19)15-14(25)16-13(8)20/h3-5H,1-2H3,(H2,15,16,19,20,25). The van der Waals surface area contributed by atoms with E-state index in [9.17, 15) is 24.5 Å². The lowest BCUT2D eigenvalue weighted by Gasteiger charge is -2.16. The molecule has 0 aromatic heterocycles. The number of rotatable bonds is 4. The SMILES string of the molecule is COc1c(OC(C)=O)ccc(C=C2C(=O)NC(=S)NC2=O)c1[N+](=O)[O-]. The second-order valence-corrected chi connectivity index (χ2v) is 5.09. The molecule has 0 radical (unpaired) electrons. The minimum absolute atomic E-state index is 0.0918. The first-order valence-electron chi connectivity index (χ1n) is 6.66. The number of hydrogen-bond acceptors (Lipinski definition) is 8. The fraction of sp³-hybridized carbons (Fsp3) is 0.143. The van der Waals surface area contributed by atoms with E-state index in [1.54, 1.807) is 0 Å². The van der Waals surface area contributed by atoms with Gasteiger partial charge in [-0.1, -0.05) is 0 Å². The molecule has 10 nitrogen and oxygen atoms in total. The Balaban J connectivity index is 2.62. The number of nitrogens with zero attached hydrogens (tertiary/aromatic N) is 1. The average molecular weight is 365 g/mol. The Kier molecular flexibility index (Phi) is 5.08. The van der Waals surface area contributed by atoms with Gasteiger partial charge in [0.2, 0.25) is 5.75 Å². The number of nitrogens with one attached hydrogen (secondary N) is 2. The van der Waals surface area contributed by atoms with Crippen LogP contribution in [0.5, 0.6) is 11.5 Å². The molecule has 2 N–H and O–H groups in total. The van der Waals surface area contributed by atoms with E-state index in [0.29, 0.717) is 0 Å². The Morgan fingerprint density at radius 2 is 1.88 bits per heavy atom. The molecule has 1 saturated heterocycles. The molecule has 0 aliphatic carbocycles. The van der Waals surface area contributed by atoms with E-state index in [0.717, 1.165) is 20.1 Å². The second-order valence-electron chi connectivity index (χ2n) is 4.68. The molecule has 1 fully saturated rings. The number of esters is 1. The van der Waals surface area contributed by atoms with Crippen molar-refractivity contribution < 1.29 is 28.8 Å². The van der Waals surface area contributed by atoms with Gasteiger partial charge in [0, 0.05) is 6.92 Å². The molecule has 1 aliphatic rings. The lowest BCUT2D eigenvalue weighted by Crippen LogP contribution is -2.51. The number of hydrogen-bond donors (Lipinski definition) is 2. The zero-order valence-electron chi connectivity index (χ0n) is 12.9. The highest BCUT2D eigenvalue weighted by atomic mass is 32.1. The molecule has 0 unspecified atom stereocenters. The number of thiocarbonyl (C=S) groups is 1. The summed E-state index contributed by atoms with van der Waals surface area (Å²) in [6, 6.07) is 2.47. The zero-order chi connectivity index (χ0) is 18.7. The summed E-state index contributed by atoms with van der Waals surface area (Å²) >= 11 is 4.67. The van der Waals surface area contributed by atoms with Gasteiger partial charge >= 0.3 is 11.7 Å². The number of benzene rings is 1. The van der Waals surface area contributed by atoms with E-state index >= 15 is 0 Å². The van der Waals surface area contributed by atoms with Crippen molar-refractivity contribution in [1.29, 1.82) is 0 Å². The van der Waals surface area contributed by atoms with E-state index in [2.05, 4.69) is 22.9 Å². The summed E-state index contributed by atoms with van der Waals surface area (Å²) in [4.78, 5) is 45.5. The minimum atomic E-state index is -0.800. The highest BCUT2D eigenvalue weighted by Gasteiger charge is 2.30. The van der Waals surface area contributed by atoms with Crippen molar-refractivity contribution in [3.05, 3.63) is 33.4 Å². The van der Waals surface area contributed by atoms with E-state index in [-0.39, 0.29) is 27.7 Å². The maximum atomic E-state index is 11.9. The molecule has 11 heteroatoms. The number of ether oxygens (including phenoxy) is 2. The molecule has 2 rings (SSSR count). The van der Waals surface area contributed by atoms with E-state index in [1.807, 2.05) is 0 Å². The summed E-state index contributed by atoms with van der Waals surface area (Å²) in [6.07, 6.45) is 1.02. The largest absolute Gasteiger partial charge is 0.488 e. The first-order chi connectivity index (χ1) is 11.7. The number of carbonyl (C=O) groups excluding carboxylic acids is 3. The molecule has 0 atom stereocenters. The monoisotopic (exact) mass is 365 g/mol. The Bertz CT molecular complexity index is 825. The van der Waals surface area contributed by atoms with Gasteiger partial charge in [-0.05, 0) is 30.4 Å². The third-order valence-electron chi connectivity index (χ3n) is 3.01. The highest BCUT2D eigenvalue weighted by Crippen LogP contribution is 2.40. The summed E-state index contributed by atoms with van der Waals surface area (Å²) in [5, 5.41) is 15.7. The molecular formula is C14H11N3O7S. The van der Waals surface area contributed by atoms with Gasteiger partial charge in [0.25, 0.3) is 11.8 Å². The van der Waals surface area contributed by atoms with Gasteiger partial charge in [0.1, 0.15) is 5.57 Å². The third kappa shape index (κ3) is 3.77. The molecule has 25 heavy (non-hydrogen) atoms. The summed E-state index contributed by atoms with van der Waals surface area (Å²) in [5.41, 5.74) is -1.03. The van der Waals surface area contributed by atoms with Gasteiger partial charge in [-0.15, -0.1) is 0 Å². The number of nitro benzene ring substituents is 1. The van der Waals surface area contributed by atoms with Crippen LogP contribution in [0.2, 0.25) is 0 Å². The van der Waals surface area contributed by atoms with Crippen LogP contribution in [0.3, 0.4) is 0 Å². The van der Waals surface area contributed by atoms with Crippen LogP contribution in [0.15, 0.2) is 17.7 Å². The lowest BCUT2D eigenvalue weighted by atomic mass is 10.1. The topological polar surface area (TPSA) is 137 Å². The van der Waals surface area contributed by atoms with Crippen LogP contribution in [-0.2, 0) is 14.4 Å². The van der Waals surface area contributed by atoms with Crippen LogP contribution in [0.4, 0.5) is 5.69 Å². The lowest BCUT2D eigenvalue weighted by molar-refractivity contribution is -0.386. The van der Waals surface area contributed by atoms with Gasteiger partial charge in [-0.2, -0.15) is 0 Å². The Labute approximate surface area is 145 Å². The molecule has 0 bridgehead atoms. The summed E-state index contributed by atoms with van der Waals surface area (Å²) in [7, 11) is 1.16. The van der Waals surface area contributed by atoms with Gasteiger partial charge in [-0.3, -0.25) is 35.1 Å². The number of nitro groups is 1. The molecule has 1 heterocycles. The molecule has 1 aromatic rings. The van der Waals surface area contributed by atoms with Crippen molar-refractivity contribution in [2.75, 3.05) is 7.11 Å². The minimum Gasteiger partial charge on any atom is -0.488 e. The number of carbonyl (C=O) groups is 3. The van der Waals surface area contributed by atoms with E-state index in [4.69, 9.17) is 9.47 Å². The van der Waals surface area contributed by atoms with Crippen LogP contribution in [0.1, 0.15) is 12.5 Å². The van der Waals surface area contributed by atoms with Crippen LogP contribution >= 0.6 is 12.2 Å². The molecule has 0 spiro atoms. The van der Waals surface area contributed by atoms with E-state index in [1.165, 1.54) is 12.1 Å². The second kappa shape index (κ2) is 7.05. The van der Waals surface area contributed by atoms with Gasteiger partial charge in [-0.25, -0.2) is 0 Å². The first-order valence-corrected chi connectivity index (χ1v) is 7.07. The smallest absolute Gasteiger partial charge is 0.322 e.